The molecule has 0 aromatic heterocycles. The van der Waals surface area contributed by atoms with E-state index in [-0.39, 0.29) is 0 Å². The van der Waals surface area contributed by atoms with Gasteiger partial charge in [-0.05, 0) is 6.92 Å². The fourth-order valence-electron chi connectivity index (χ4n) is 0.394. The molecule has 1 heteroatoms. The molecule has 0 atom stereocenters. The minimum absolute atomic E-state index is 0.308. The Balaban J connectivity index is 3.25. The molecule has 0 aliphatic carbocycles. The molecule has 8 heavy (non-hydrogen) atoms. The van der Waals surface area contributed by atoms with E-state index in [0.717, 1.165) is 0 Å². The molecule has 46 valence electrons. The van der Waals surface area contributed by atoms with E-state index in [0.29, 0.717) is 18.6 Å². The molecule has 0 aliphatic rings. The van der Waals surface area contributed by atoms with Gasteiger partial charge in [0, 0.05) is 12.8 Å². The second kappa shape index (κ2) is 4.57. The van der Waals surface area contributed by atoms with E-state index in [9.17, 15) is 4.79 Å². The first-order valence-electron chi connectivity index (χ1n) is 2.94. The minimum atomic E-state index is 0.308. The summed E-state index contributed by atoms with van der Waals surface area (Å²) in [5.41, 5.74) is 0. The maximum absolute atomic E-state index is 10.5. The maximum atomic E-state index is 10.5. The van der Waals surface area contributed by atoms with Gasteiger partial charge in [0.2, 0.25) is 0 Å². The second-order valence-corrected chi connectivity index (χ2v) is 1.67. The van der Waals surface area contributed by atoms with Crippen molar-refractivity contribution in [1.29, 1.82) is 0 Å². The van der Waals surface area contributed by atoms with Crippen molar-refractivity contribution in [2.24, 2.45) is 0 Å². The lowest BCUT2D eigenvalue weighted by molar-refractivity contribution is -0.117. The van der Waals surface area contributed by atoms with Crippen molar-refractivity contribution in [3.63, 3.8) is 0 Å². The Morgan fingerprint density at radius 1 is 1.62 bits per heavy atom. The average molecular weight is 112 g/mol. The van der Waals surface area contributed by atoms with Crippen molar-refractivity contribution in [2.75, 3.05) is 0 Å². The standard InChI is InChI=1S/C7H12O/c1-3-5-6-7(8)4-2/h3,5H,4,6H2,1-2H3. The first-order chi connectivity index (χ1) is 3.81. The van der Waals surface area contributed by atoms with Gasteiger partial charge in [0.15, 0.2) is 0 Å². The van der Waals surface area contributed by atoms with Crippen molar-refractivity contribution >= 4 is 5.78 Å². The smallest absolute Gasteiger partial charge is 0.136 e. The van der Waals surface area contributed by atoms with Gasteiger partial charge in [0.1, 0.15) is 5.78 Å². The molecule has 0 rings (SSSR count). The van der Waals surface area contributed by atoms with Crippen molar-refractivity contribution in [1.82, 2.24) is 0 Å². The third-order valence-electron chi connectivity index (χ3n) is 0.976. The zero-order valence-corrected chi connectivity index (χ0v) is 5.48. The molecule has 0 fully saturated rings. The zero-order valence-electron chi connectivity index (χ0n) is 5.48. The molecule has 0 unspecified atom stereocenters. The third kappa shape index (κ3) is 3.59. The van der Waals surface area contributed by atoms with Crippen LogP contribution in [0.15, 0.2) is 12.2 Å². The Morgan fingerprint density at radius 3 is 2.62 bits per heavy atom. The Hall–Kier alpha value is -0.590. The van der Waals surface area contributed by atoms with E-state index in [1.54, 1.807) is 0 Å². The molecule has 0 saturated carbocycles. The molecule has 0 aliphatic heterocycles. The predicted molar refractivity (Wildman–Crippen MR) is 34.7 cm³/mol. The Bertz CT molecular complexity index is 92.6. The molecule has 0 aromatic rings. The molecular weight excluding hydrogens is 100 g/mol. The van der Waals surface area contributed by atoms with Crippen molar-refractivity contribution in [2.45, 2.75) is 26.7 Å². The van der Waals surface area contributed by atoms with Gasteiger partial charge in [0.25, 0.3) is 0 Å². The third-order valence-corrected chi connectivity index (χ3v) is 0.976. The topological polar surface area (TPSA) is 17.1 Å². The van der Waals surface area contributed by atoms with Crippen LogP contribution < -0.4 is 0 Å². The van der Waals surface area contributed by atoms with Gasteiger partial charge in [-0.25, -0.2) is 0 Å². The van der Waals surface area contributed by atoms with Crippen LogP contribution in [0.3, 0.4) is 0 Å². The fourth-order valence-corrected chi connectivity index (χ4v) is 0.394. The highest BCUT2D eigenvalue weighted by molar-refractivity contribution is 5.79. The average Bonchev–Trinajstić information content (AvgIpc) is 1.83. The van der Waals surface area contributed by atoms with Crippen LogP contribution in [-0.4, -0.2) is 5.78 Å². The maximum Gasteiger partial charge on any atom is 0.136 e. The summed E-state index contributed by atoms with van der Waals surface area (Å²) < 4.78 is 0. The molecular formula is C7H12O. The Labute approximate surface area is 50.4 Å². The lowest BCUT2D eigenvalue weighted by atomic mass is 10.2. The molecule has 0 radical (unpaired) electrons. The number of ketones is 1. The molecule has 0 aromatic carbocycles. The molecule has 0 bridgehead atoms. The highest BCUT2D eigenvalue weighted by atomic mass is 16.1. The van der Waals surface area contributed by atoms with E-state index in [1.807, 2.05) is 26.0 Å². The van der Waals surface area contributed by atoms with Crippen LogP contribution in [0.2, 0.25) is 0 Å². The predicted octanol–water partition coefficient (Wildman–Crippen LogP) is 1.93. The van der Waals surface area contributed by atoms with E-state index in [2.05, 4.69) is 0 Å². The molecule has 0 saturated heterocycles. The Kier molecular flexibility index (Phi) is 4.23. The lowest BCUT2D eigenvalue weighted by Crippen LogP contribution is -1.89. The van der Waals surface area contributed by atoms with E-state index in [4.69, 9.17) is 0 Å². The molecule has 0 N–H and O–H groups in total. The van der Waals surface area contributed by atoms with Gasteiger partial charge in [-0.15, -0.1) is 0 Å². The van der Waals surface area contributed by atoms with E-state index >= 15 is 0 Å². The minimum Gasteiger partial charge on any atom is -0.299 e. The highest BCUT2D eigenvalue weighted by Gasteiger charge is 1.89. The summed E-state index contributed by atoms with van der Waals surface area (Å²) >= 11 is 0. The van der Waals surface area contributed by atoms with Gasteiger partial charge in [-0.1, -0.05) is 19.1 Å². The van der Waals surface area contributed by atoms with Gasteiger partial charge in [-0.3, -0.25) is 4.79 Å². The monoisotopic (exact) mass is 112 g/mol. The van der Waals surface area contributed by atoms with Gasteiger partial charge >= 0.3 is 0 Å². The molecule has 0 spiro atoms. The first-order valence-corrected chi connectivity index (χ1v) is 2.94. The summed E-state index contributed by atoms with van der Waals surface area (Å²) in [6.45, 7) is 3.80. The van der Waals surface area contributed by atoms with Crippen LogP contribution in [0.25, 0.3) is 0 Å². The number of carbonyl (C=O) groups is 1. The van der Waals surface area contributed by atoms with Crippen LogP contribution in [0.4, 0.5) is 0 Å². The SMILES string of the molecule is CC=CCC(=O)CC. The number of allylic oxidation sites excluding steroid dienone is 2. The van der Waals surface area contributed by atoms with Gasteiger partial charge in [0.05, 0.1) is 0 Å². The molecule has 1 nitrogen and oxygen atoms in total. The number of hydrogen-bond donors (Lipinski definition) is 0. The highest BCUT2D eigenvalue weighted by Crippen LogP contribution is 1.88. The first kappa shape index (κ1) is 7.41. The van der Waals surface area contributed by atoms with Crippen molar-refractivity contribution in [3.05, 3.63) is 12.2 Å². The molecule has 0 heterocycles. The zero-order chi connectivity index (χ0) is 6.41. The van der Waals surface area contributed by atoms with E-state index < -0.39 is 0 Å². The van der Waals surface area contributed by atoms with Crippen LogP contribution in [0.5, 0.6) is 0 Å². The number of rotatable bonds is 3. The summed E-state index contributed by atoms with van der Waals surface area (Å²) in [5.74, 6) is 0.308. The summed E-state index contributed by atoms with van der Waals surface area (Å²) in [5, 5.41) is 0. The fraction of sp³-hybridized carbons (Fsp3) is 0.571. The van der Waals surface area contributed by atoms with Crippen molar-refractivity contribution in [3.8, 4) is 0 Å². The molecule has 0 amide bonds. The Morgan fingerprint density at radius 2 is 2.25 bits per heavy atom. The summed E-state index contributed by atoms with van der Waals surface area (Å²) in [7, 11) is 0. The number of Topliss-reactive ketones (excluding diaryl/α,β-unsaturated/α-hetero) is 1. The summed E-state index contributed by atoms with van der Waals surface area (Å²) in [6, 6.07) is 0. The normalized spacial score (nSPS) is 10.2. The van der Waals surface area contributed by atoms with Crippen LogP contribution >= 0.6 is 0 Å². The quantitative estimate of drug-likeness (QED) is 0.510. The van der Waals surface area contributed by atoms with Gasteiger partial charge in [-0.2, -0.15) is 0 Å². The number of carbonyl (C=O) groups excluding carboxylic acids is 1. The lowest BCUT2D eigenvalue weighted by Gasteiger charge is -1.85. The van der Waals surface area contributed by atoms with Crippen molar-refractivity contribution < 1.29 is 4.79 Å². The van der Waals surface area contributed by atoms with Gasteiger partial charge < -0.3 is 0 Å². The van der Waals surface area contributed by atoms with Crippen LogP contribution in [0, 0.1) is 0 Å². The largest absolute Gasteiger partial charge is 0.299 e. The van der Waals surface area contributed by atoms with E-state index in [1.165, 1.54) is 0 Å². The van der Waals surface area contributed by atoms with Crippen LogP contribution in [0.1, 0.15) is 26.7 Å². The second-order valence-electron chi connectivity index (χ2n) is 1.67. The van der Waals surface area contributed by atoms with Crippen LogP contribution in [-0.2, 0) is 4.79 Å². The summed E-state index contributed by atoms with van der Waals surface area (Å²) in [4.78, 5) is 10.5. The number of hydrogen-bond acceptors (Lipinski definition) is 1. The summed E-state index contributed by atoms with van der Waals surface area (Å²) in [6.07, 6.45) is 5.04.